The predicted octanol–water partition coefficient (Wildman–Crippen LogP) is 4.77. The lowest BCUT2D eigenvalue weighted by Crippen LogP contribution is -2.31. The number of hydrogen-bond donors (Lipinski definition) is 1. The van der Waals surface area contributed by atoms with Gasteiger partial charge in [-0.15, -0.1) is 0 Å². The van der Waals surface area contributed by atoms with Crippen molar-refractivity contribution in [3.63, 3.8) is 0 Å². The van der Waals surface area contributed by atoms with Gasteiger partial charge in [-0.2, -0.15) is 0 Å². The van der Waals surface area contributed by atoms with Gasteiger partial charge in [0.1, 0.15) is 0 Å². The van der Waals surface area contributed by atoms with Gasteiger partial charge in [0.2, 0.25) is 0 Å². The lowest BCUT2D eigenvalue weighted by atomic mass is 9.83. The van der Waals surface area contributed by atoms with E-state index in [1.54, 1.807) is 10.2 Å². The molecule has 1 fully saturated rings. The van der Waals surface area contributed by atoms with E-state index >= 15 is 0 Å². The van der Waals surface area contributed by atoms with Crippen LogP contribution in [0.5, 0.6) is 0 Å². The van der Waals surface area contributed by atoms with Crippen molar-refractivity contribution in [2.45, 2.75) is 37.5 Å². The normalized spacial score (nSPS) is 20.8. The number of carbonyl (C=O) groups excluding carboxylic acids is 1. The maximum atomic E-state index is 13.1. The van der Waals surface area contributed by atoms with Gasteiger partial charge in [0, 0.05) is 18.1 Å². The van der Waals surface area contributed by atoms with E-state index < -0.39 is 11.0 Å². The quantitative estimate of drug-likeness (QED) is 0.678. The van der Waals surface area contributed by atoms with Crippen molar-refractivity contribution in [2.24, 2.45) is 11.8 Å². The monoisotopic (exact) mass is 394 g/mol. The molecule has 5 heteroatoms. The first-order valence-corrected chi connectivity index (χ1v) is 11.1. The first kappa shape index (κ1) is 18.9. The van der Waals surface area contributed by atoms with E-state index in [0.717, 1.165) is 16.8 Å². The van der Waals surface area contributed by atoms with Crippen molar-refractivity contribution in [3.8, 4) is 0 Å². The van der Waals surface area contributed by atoms with Gasteiger partial charge in [0.25, 0.3) is 5.91 Å². The van der Waals surface area contributed by atoms with Crippen molar-refractivity contribution in [3.05, 3.63) is 66.4 Å². The molecule has 3 aromatic rings. The van der Waals surface area contributed by atoms with Crippen molar-refractivity contribution in [1.82, 2.24) is 9.29 Å². The van der Waals surface area contributed by atoms with Gasteiger partial charge in [0.05, 0.1) is 16.0 Å². The summed E-state index contributed by atoms with van der Waals surface area (Å²) in [5, 5.41) is 3.95. The number of amides is 1. The number of nitrogens with zero attached hydrogens (tertiary/aromatic N) is 1. The van der Waals surface area contributed by atoms with Gasteiger partial charge in [0.15, 0.2) is 11.0 Å². The highest BCUT2D eigenvalue weighted by atomic mass is 32.2. The first-order chi connectivity index (χ1) is 13.6. The van der Waals surface area contributed by atoms with E-state index in [1.165, 1.54) is 25.7 Å². The van der Waals surface area contributed by atoms with Crippen LogP contribution in [0.3, 0.4) is 0 Å². The number of hydrogen-bond acceptors (Lipinski definition) is 2. The molecule has 1 aromatic heterocycles. The third kappa shape index (κ3) is 3.90. The largest absolute Gasteiger partial charge is 0.352 e. The Morgan fingerprint density at radius 3 is 2.46 bits per heavy atom. The molecule has 28 heavy (non-hydrogen) atoms. The maximum Gasteiger partial charge on any atom is 0.253 e. The summed E-state index contributed by atoms with van der Waals surface area (Å²) >= 11 is 0. The van der Waals surface area contributed by atoms with E-state index in [9.17, 15) is 9.00 Å². The second kappa shape index (κ2) is 8.31. The summed E-state index contributed by atoms with van der Waals surface area (Å²) < 4.78 is 14.8. The Labute approximate surface area is 168 Å². The van der Waals surface area contributed by atoms with Crippen molar-refractivity contribution >= 4 is 27.8 Å². The Hall–Kier alpha value is -2.40. The molecule has 1 atom stereocenters. The smallest absolute Gasteiger partial charge is 0.253 e. The summed E-state index contributed by atoms with van der Waals surface area (Å²) in [4.78, 5) is 13.6. The minimum atomic E-state index is -1.39. The van der Waals surface area contributed by atoms with Gasteiger partial charge < -0.3 is 5.32 Å². The highest BCUT2D eigenvalue weighted by Gasteiger charge is 2.21. The van der Waals surface area contributed by atoms with Crippen molar-refractivity contribution in [2.75, 3.05) is 6.54 Å². The Bertz CT molecular complexity index is 988. The highest BCUT2D eigenvalue weighted by molar-refractivity contribution is 7.83. The number of carbonyl (C=O) groups is 1. The van der Waals surface area contributed by atoms with Crippen LogP contribution in [0.4, 0.5) is 0 Å². The zero-order valence-corrected chi connectivity index (χ0v) is 17.0. The van der Waals surface area contributed by atoms with Crippen LogP contribution in [0, 0.1) is 11.8 Å². The van der Waals surface area contributed by atoms with E-state index in [0.29, 0.717) is 22.9 Å². The van der Waals surface area contributed by atoms with Crippen LogP contribution in [-0.2, 0) is 11.0 Å². The molecule has 1 amide bonds. The summed E-state index contributed by atoms with van der Waals surface area (Å²) in [5.74, 6) is 1.28. The Morgan fingerprint density at radius 2 is 1.71 bits per heavy atom. The Balaban J connectivity index is 1.57. The lowest BCUT2D eigenvalue weighted by Gasteiger charge is -2.26. The molecular formula is C23H26N2O2S. The van der Waals surface area contributed by atoms with Crippen LogP contribution in [-0.4, -0.2) is 20.6 Å². The molecule has 1 unspecified atom stereocenters. The van der Waals surface area contributed by atoms with E-state index in [-0.39, 0.29) is 5.91 Å². The molecular weight excluding hydrogens is 368 g/mol. The van der Waals surface area contributed by atoms with Gasteiger partial charge in [-0.1, -0.05) is 56.2 Å². The van der Waals surface area contributed by atoms with Crippen LogP contribution >= 0.6 is 0 Å². The van der Waals surface area contributed by atoms with Crippen LogP contribution in [0.1, 0.15) is 43.0 Å². The highest BCUT2D eigenvalue weighted by Crippen LogP contribution is 2.28. The molecule has 0 bridgehead atoms. The maximum absolute atomic E-state index is 13.1. The van der Waals surface area contributed by atoms with Crippen molar-refractivity contribution in [1.29, 1.82) is 0 Å². The average molecular weight is 395 g/mol. The SMILES string of the molecule is CC1CCC(CNC(=O)c2cn(S(=O)c3ccccc3)c3ccccc23)CC1. The Kier molecular flexibility index (Phi) is 5.62. The molecule has 1 N–H and O–H groups in total. The fraction of sp³-hybridized carbons (Fsp3) is 0.348. The zero-order chi connectivity index (χ0) is 19.5. The zero-order valence-electron chi connectivity index (χ0n) is 16.1. The minimum Gasteiger partial charge on any atom is -0.352 e. The van der Waals surface area contributed by atoms with E-state index in [2.05, 4.69) is 12.2 Å². The molecule has 0 aliphatic heterocycles. The summed E-state index contributed by atoms with van der Waals surface area (Å²) in [7, 11) is -1.39. The molecule has 146 valence electrons. The van der Waals surface area contributed by atoms with Crippen molar-refractivity contribution < 1.29 is 9.00 Å². The minimum absolute atomic E-state index is 0.0846. The topological polar surface area (TPSA) is 51.1 Å². The molecule has 4 nitrogen and oxygen atoms in total. The number of para-hydroxylation sites is 1. The lowest BCUT2D eigenvalue weighted by molar-refractivity contribution is 0.0943. The van der Waals surface area contributed by atoms with Gasteiger partial charge in [-0.25, -0.2) is 4.21 Å². The molecule has 2 aromatic carbocycles. The summed E-state index contributed by atoms with van der Waals surface area (Å²) in [6.07, 6.45) is 6.58. The number of rotatable bonds is 5. The Morgan fingerprint density at radius 1 is 1.04 bits per heavy atom. The number of aromatic nitrogens is 1. The number of nitrogens with one attached hydrogen (secondary N) is 1. The van der Waals surface area contributed by atoms with Gasteiger partial charge in [-0.3, -0.25) is 8.77 Å². The predicted molar refractivity (Wildman–Crippen MR) is 114 cm³/mol. The average Bonchev–Trinajstić information content (AvgIpc) is 3.13. The number of fused-ring (bicyclic) bond motifs is 1. The summed E-state index contributed by atoms with van der Waals surface area (Å²) in [5.41, 5.74) is 1.39. The first-order valence-electron chi connectivity index (χ1n) is 9.99. The second-order valence-electron chi connectivity index (χ2n) is 7.78. The molecule has 1 aliphatic carbocycles. The number of benzene rings is 2. The van der Waals surface area contributed by atoms with E-state index in [1.807, 2.05) is 54.6 Å². The molecule has 4 rings (SSSR count). The van der Waals surface area contributed by atoms with Gasteiger partial charge >= 0.3 is 0 Å². The fourth-order valence-corrected chi connectivity index (χ4v) is 5.14. The molecule has 1 aliphatic rings. The molecule has 0 radical (unpaired) electrons. The van der Waals surface area contributed by atoms with E-state index in [4.69, 9.17) is 0 Å². The molecule has 1 heterocycles. The van der Waals surface area contributed by atoms with Crippen LogP contribution in [0.2, 0.25) is 0 Å². The van der Waals surface area contributed by atoms with Crippen LogP contribution < -0.4 is 5.32 Å². The molecule has 0 spiro atoms. The van der Waals surface area contributed by atoms with Crippen LogP contribution in [0.15, 0.2) is 65.7 Å². The summed E-state index contributed by atoms with van der Waals surface area (Å²) in [6, 6.07) is 17.0. The van der Waals surface area contributed by atoms with Gasteiger partial charge in [-0.05, 0) is 42.9 Å². The van der Waals surface area contributed by atoms with Crippen LogP contribution in [0.25, 0.3) is 10.9 Å². The molecule has 0 saturated heterocycles. The third-order valence-electron chi connectivity index (χ3n) is 5.73. The molecule has 1 saturated carbocycles. The fourth-order valence-electron chi connectivity index (χ4n) is 3.98. The standard InChI is InChI=1S/C23H26N2O2S/c1-17-11-13-18(14-12-17)15-24-23(26)21-16-25(22-10-6-5-9-20(21)22)28(27)19-7-3-2-4-8-19/h2-10,16-18H,11-15H2,1H3,(H,24,26). The summed E-state index contributed by atoms with van der Waals surface area (Å²) in [6.45, 7) is 3.02. The third-order valence-corrected chi connectivity index (χ3v) is 7.07. The second-order valence-corrected chi connectivity index (χ2v) is 9.15.